The fourth-order valence-electron chi connectivity index (χ4n) is 1.96. The number of hydrogen-bond donors (Lipinski definition) is 1. The van der Waals surface area contributed by atoms with E-state index in [9.17, 15) is 0 Å². The summed E-state index contributed by atoms with van der Waals surface area (Å²) < 4.78 is 2.39. The van der Waals surface area contributed by atoms with Gasteiger partial charge in [-0.15, -0.1) is 0 Å². The van der Waals surface area contributed by atoms with Crippen LogP contribution in [0.5, 0.6) is 0 Å². The summed E-state index contributed by atoms with van der Waals surface area (Å²) in [6.45, 7) is 7.91. The van der Waals surface area contributed by atoms with Crippen molar-refractivity contribution in [3.05, 3.63) is 24.0 Å². The highest BCUT2D eigenvalue weighted by Crippen LogP contribution is 2.17. The standard InChI is InChI=1S/C13H24N2/c1-5-12(6-2)10-15-9-7-8-13(15)11(3)14-4/h7-9,11-12,14H,5-6,10H2,1-4H3. The van der Waals surface area contributed by atoms with E-state index in [2.05, 4.69) is 49.0 Å². The van der Waals surface area contributed by atoms with Gasteiger partial charge in [0.25, 0.3) is 0 Å². The van der Waals surface area contributed by atoms with E-state index >= 15 is 0 Å². The van der Waals surface area contributed by atoms with Crippen molar-refractivity contribution in [3.63, 3.8) is 0 Å². The lowest BCUT2D eigenvalue weighted by atomic mass is 10.0. The fourth-order valence-corrected chi connectivity index (χ4v) is 1.96. The van der Waals surface area contributed by atoms with E-state index in [1.54, 1.807) is 0 Å². The van der Waals surface area contributed by atoms with Crippen LogP contribution in [0.1, 0.15) is 45.3 Å². The molecule has 1 N–H and O–H groups in total. The Morgan fingerprint density at radius 2 is 2.00 bits per heavy atom. The zero-order chi connectivity index (χ0) is 11.3. The van der Waals surface area contributed by atoms with Gasteiger partial charge in [-0.05, 0) is 32.0 Å². The molecule has 1 atom stereocenters. The summed E-state index contributed by atoms with van der Waals surface area (Å²) in [5.74, 6) is 0.806. The quantitative estimate of drug-likeness (QED) is 0.759. The maximum absolute atomic E-state index is 3.30. The van der Waals surface area contributed by atoms with Crippen LogP contribution < -0.4 is 5.32 Å². The van der Waals surface area contributed by atoms with Crippen molar-refractivity contribution in [3.8, 4) is 0 Å². The van der Waals surface area contributed by atoms with Gasteiger partial charge in [0.1, 0.15) is 0 Å². The molecular weight excluding hydrogens is 184 g/mol. The molecule has 0 aliphatic rings. The van der Waals surface area contributed by atoms with Gasteiger partial charge in [0, 0.05) is 24.5 Å². The molecule has 1 unspecified atom stereocenters. The SMILES string of the molecule is CCC(CC)Cn1cccc1C(C)NC. The maximum Gasteiger partial charge on any atom is 0.0443 e. The van der Waals surface area contributed by atoms with E-state index in [0.717, 1.165) is 12.5 Å². The van der Waals surface area contributed by atoms with Crippen LogP contribution in [0, 0.1) is 5.92 Å². The molecular formula is C13H24N2. The summed E-state index contributed by atoms with van der Waals surface area (Å²) in [6, 6.07) is 4.80. The molecule has 1 heterocycles. The molecule has 0 aromatic carbocycles. The van der Waals surface area contributed by atoms with E-state index in [1.807, 2.05) is 7.05 Å². The van der Waals surface area contributed by atoms with Gasteiger partial charge in [-0.25, -0.2) is 0 Å². The Kier molecular flexibility index (Phi) is 4.89. The van der Waals surface area contributed by atoms with E-state index < -0.39 is 0 Å². The van der Waals surface area contributed by atoms with Gasteiger partial charge in [0.2, 0.25) is 0 Å². The van der Waals surface area contributed by atoms with E-state index in [-0.39, 0.29) is 0 Å². The average Bonchev–Trinajstić information content (AvgIpc) is 2.72. The Morgan fingerprint density at radius 1 is 1.33 bits per heavy atom. The van der Waals surface area contributed by atoms with Crippen LogP contribution in [0.25, 0.3) is 0 Å². The van der Waals surface area contributed by atoms with Crippen LogP contribution in [-0.2, 0) is 6.54 Å². The Hall–Kier alpha value is -0.760. The predicted octanol–water partition coefficient (Wildman–Crippen LogP) is 3.20. The number of nitrogens with zero attached hydrogens (tertiary/aromatic N) is 1. The van der Waals surface area contributed by atoms with Crippen molar-refractivity contribution in [1.29, 1.82) is 0 Å². The Bertz CT molecular complexity index is 274. The number of nitrogens with one attached hydrogen (secondary N) is 1. The van der Waals surface area contributed by atoms with E-state index in [0.29, 0.717) is 6.04 Å². The second-order valence-corrected chi connectivity index (χ2v) is 4.28. The molecule has 1 rings (SSSR count). The fraction of sp³-hybridized carbons (Fsp3) is 0.692. The van der Waals surface area contributed by atoms with Crippen LogP contribution in [0.4, 0.5) is 0 Å². The third kappa shape index (κ3) is 3.10. The first kappa shape index (κ1) is 12.3. The molecule has 0 aliphatic carbocycles. The van der Waals surface area contributed by atoms with E-state index in [4.69, 9.17) is 0 Å². The second-order valence-electron chi connectivity index (χ2n) is 4.28. The minimum atomic E-state index is 0.439. The number of rotatable bonds is 6. The van der Waals surface area contributed by atoms with Crippen LogP contribution in [0.2, 0.25) is 0 Å². The van der Waals surface area contributed by atoms with Crippen LogP contribution in [-0.4, -0.2) is 11.6 Å². The molecule has 1 aromatic heterocycles. The van der Waals surface area contributed by atoms with Crippen molar-refractivity contribution >= 4 is 0 Å². The molecule has 0 bridgehead atoms. The highest BCUT2D eigenvalue weighted by molar-refractivity contribution is 5.11. The second kappa shape index (κ2) is 5.96. The first-order valence-electron chi connectivity index (χ1n) is 6.05. The summed E-state index contributed by atoms with van der Waals surface area (Å²) in [7, 11) is 2.01. The zero-order valence-electron chi connectivity index (χ0n) is 10.5. The maximum atomic E-state index is 3.30. The van der Waals surface area contributed by atoms with Crippen molar-refractivity contribution in [2.45, 2.75) is 46.2 Å². The Balaban J connectivity index is 2.72. The van der Waals surface area contributed by atoms with Gasteiger partial charge >= 0.3 is 0 Å². The van der Waals surface area contributed by atoms with Crippen molar-refractivity contribution in [2.24, 2.45) is 5.92 Å². The molecule has 1 aromatic rings. The summed E-state index contributed by atoms with van der Waals surface area (Å²) in [4.78, 5) is 0. The van der Waals surface area contributed by atoms with Gasteiger partial charge in [0.15, 0.2) is 0 Å². The van der Waals surface area contributed by atoms with Gasteiger partial charge in [0.05, 0.1) is 0 Å². The highest BCUT2D eigenvalue weighted by atomic mass is 15.0. The lowest BCUT2D eigenvalue weighted by Gasteiger charge is -2.19. The third-order valence-electron chi connectivity index (χ3n) is 3.35. The summed E-state index contributed by atoms with van der Waals surface area (Å²) in [5.41, 5.74) is 1.39. The number of aromatic nitrogens is 1. The first-order valence-corrected chi connectivity index (χ1v) is 6.05. The molecule has 86 valence electrons. The predicted molar refractivity (Wildman–Crippen MR) is 66.0 cm³/mol. The van der Waals surface area contributed by atoms with Crippen molar-refractivity contribution in [1.82, 2.24) is 9.88 Å². The zero-order valence-corrected chi connectivity index (χ0v) is 10.5. The Morgan fingerprint density at radius 3 is 2.53 bits per heavy atom. The third-order valence-corrected chi connectivity index (χ3v) is 3.35. The largest absolute Gasteiger partial charge is 0.350 e. The monoisotopic (exact) mass is 208 g/mol. The average molecular weight is 208 g/mol. The molecule has 0 spiro atoms. The molecule has 0 aliphatic heterocycles. The molecule has 0 amide bonds. The van der Waals surface area contributed by atoms with Crippen LogP contribution in [0.3, 0.4) is 0 Å². The number of hydrogen-bond acceptors (Lipinski definition) is 1. The van der Waals surface area contributed by atoms with E-state index in [1.165, 1.54) is 18.5 Å². The lowest BCUT2D eigenvalue weighted by molar-refractivity contribution is 0.404. The summed E-state index contributed by atoms with van der Waals surface area (Å²) in [5, 5.41) is 3.30. The summed E-state index contributed by atoms with van der Waals surface area (Å²) in [6.07, 6.45) is 4.73. The van der Waals surface area contributed by atoms with Crippen molar-refractivity contribution < 1.29 is 0 Å². The summed E-state index contributed by atoms with van der Waals surface area (Å²) >= 11 is 0. The molecule has 0 fully saturated rings. The minimum Gasteiger partial charge on any atom is -0.350 e. The lowest BCUT2D eigenvalue weighted by Crippen LogP contribution is -2.18. The highest BCUT2D eigenvalue weighted by Gasteiger charge is 2.10. The molecule has 0 saturated heterocycles. The van der Waals surface area contributed by atoms with Gasteiger partial charge in [-0.3, -0.25) is 0 Å². The van der Waals surface area contributed by atoms with Gasteiger partial charge in [-0.1, -0.05) is 26.7 Å². The molecule has 15 heavy (non-hydrogen) atoms. The normalized spacial score (nSPS) is 13.4. The topological polar surface area (TPSA) is 17.0 Å². The van der Waals surface area contributed by atoms with Crippen LogP contribution >= 0.6 is 0 Å². The van der Waals surface area contributed by atoms with Crippen LogP contribution in [0.15, 0.2) is 18.3 Å². The van der Waals surface area contributed by atoms with Gasteiger partial charge < -0.3 is 9.88 Å². The first-order chi connectivity index (χ1) is 7.22. The smallest absolute Gasteiger partial charge is 0.0443 e. The Labute approximate surface area is 93.7 Å². The van der Waals surface area contributed by atoms with Gasteiger partial charge in [-0.2, -0.15) is 0 Å². The molecule has 2 heteroatoms. The molecule has 0 saturated carbocycles. The minimum absolute atomic E-state index is 0.439. The molecule has 2 nitrogen and oxygen atoms in total. The van der Waals surface area contributed by atoms with Crippen molar-refractivity contribution in [2.75, 3.05) is 7.05 Å². The molecule has 0 radical (unpaired) electrons.